The van der Waals surface area contributed by atoms with Crippen LogP contribution < -0.4 is 0 Å². The largest absolute Gasteiger partial charge is 0.469 e. The van der Waals surface area contributed by atoms with E-state index in [1.54, 1.807) is 0 Å². The average Bonchev–Trinajstić information content (AvgIpc) is 2.32. The van der Waals surface area contributed by atoms with Crippen molar-refractivity contribution in [2.75, 3.05) is 13.7 Å². The second-order valence-electron chi connectivity index (χ2n) is 4.05. The summed E-state index contributed by atoms with van der Waals surface area (Å²) in [7, 11) is 1.23. The molecular weight excluding hydrogens is 232 g/mol. The Morgan fingerprint density at radius 2 is 2.18 bits per heavy atom. The molecule has 0 bridgehead atoms. The highest BCUT2D eigenvalue weighted by Crippen LogP contribution is 2.24. The van der Waals surface area contributed by atoms with Crippen LogP contribution in [0.5, 0.6) is 0 Å². The van der Waals surface area contributed by atoms with Crippen LogP contribution in [0.15, 0.2) is 0 Å². The molecule has 0 aromatic heterocycles. The van der Waals surface area contributed by atoms with Crippen LogP contribution in [0.2, 0.25) is 0 Å². The summed E-state index contributed by atoms with van der Waals surface area (Å²) in [6.07, 6.45) is -5.46. The first-order valence-corrected chi connectivity index (χ1v) is 5.37. The summed E-state index contributed by atoms with van der Waals surface area (Å²) in [5.41, 5.74) is 0. The van der Waals surface area contributed by atoms with Crippen LogP contribution in [0.3, 0.4) is 0 Å². The molecule has 1 fully saturated rings. The Labute approximate surface area is 98.6 Å². The maximum absolute atomic E-state index is 11.1. The first-order valence-electron chi connectivity index (χ1n) is 5.37. The molecule has 0 saturated carbocycles. The zero-order valence-electron chi connectivity index (χ0n) is 9.52. The molecule has 7 nitrogen and oxygen atoms in total. The van der Waals surface area contributed by atoms with Crippen molar-refractivity contribution < 1.29 is 34.7 Å². The van der Waals surface area contributed by atoms with Crippen LogP contribution in [-0.2, 0) is 14.3 Å². The normalized spacial score (nSPS) is 35.4. The van der Waals surface area contributed by atoms with E-state index in [0.717, 1.165) is 0 Å². The molecule has 1 saturated heterocycles. The van der Waals surface area contributed by atoms with Gasteiger partial charge >= 0.3 is 5.97 Å². The molecule has 0 spiro atoms. The topological polar surface area (TPSA) is 116 Å². The molecule has 0 amide bonds. The van der Waals surface area contributed by atoms with Crippen molar-refractivity contribution >= 4 is 5.97 Å². The maximum atomic E-state index is 11.1. The average molecular weight is 250 g/mol. The third kappa shape index (κ3) is 3.62. The van der Waals surface area contributed by atoms with Crippen LogP contribution in [-0.4, -0.2) is 70.6 Å². The first kappa shape index (κ1) is 14.3. The fourth-order valence-corrected chi connectivity index (χ4v) is 1.81. The Kier molecular flexibility index (Phi) is 5.29. The summed E-state index contributed by atoms with van der Waals surface area (Å²) in [4.78, 5) is 11.1. The molecule has 1 aliphatic heterocycles. The quantitative estimate of drug-likeness (QED) is 0.418. The van der Waals surface area contributed by atoms with Gasteiger partial charge in [-0.15, -0.1) is 0 Å². The number of aliphatic hydroxyl groups is 4. The van der Waals surface area contributed by atoms with Crippen molar-refractivity contribution in [3.05, 3.63) is 0 Å². The molecular formula is C10H18O7. The lowest BCUT2D eigenvalue weighted by atomic mass is 9.93. The Morgan fingerprint density at radius 3 is 2.71 bits per heavy atom. The number of methoxy groups -OCH3 is 1. The second kappa shape index (κ2) is 6.27. The lowest BCUT2D eigenvalue weighted by molar-refractivity contribution is -0.207. The molecule has 100 valence electrons. The van der Waals surface area contributed by atoms with Crippen LogP contribution in [0, 0.1) is 0 Å². The monoisotopic (exact) mass is 250 g/mol. The van der Waals surface area contributed by atoms with E-state index in [4.69, 9.17) is 9.84 Å². The van der Waals surface area contributed by atoms with Crippen LogP contribution in [0.4, 0.5) is 0 Å². The minimum Gasteiger partial charge on any atom is -0.469 e. The fraction of sp³-hybridized carbons (Fsp3) is 0.900. The molecule has 1 unspecified atom stereocenters. The van der Waals surface area contributed by atoms with E-state index in [1.807, 2.05) is 0 Å². The lowest BCUT2D eigenvalue weighted by Crippen LogP contribution is -2.54. The highest BCUT2D eigenvalue weighted by atomic mass is 16.5. The van der Waals surface area contributed by atoms with E-state index in [-0.39, 0.29) is 12.8 Å². The van der Waals surface area contributed by atoms with Crippen molar-refractivity contribution in [1.29, 1.82) is 0 Å². The number of carbonyl (C=O) groups excluding carboxylic acids is 1. The third-order valence-corrected chi connectivity index (χ3v) is 2.77. The highest BCUT2D eigenvalue weighted by molar-refractivity contribution is 5.69. The number of esters is 1. The number of hydrogen-bond donors (Lipinski definition) is 4. The number of carbonyl (C=O) groups is 1. The third-order valence-electron chi connectivity index (χ3n) is 2.77. The summed E-state index contributed by atoms with van der Waals surface area (Å²) in [5.74, 6) is -0.504. The van der Waals surface area contributed by atoms with Gasteiger partial charge in [-0.25, -0.2) is 0 Å². The summed E-state index contributed by atoms with van der Waals surface area (Å²) in [6, 6.07) is 0. The fourth-order valence-electron chi connectivity index (χ4n) is 1.81. The van der Waals surface area contributed by atoms with Gasteiger partial charge in [-0.05, 0) is 0 Å². The van der Waals surface area contributed by atoms with Gasteiger partial charge in [-0.2, -0.15) is 0 Å². The number of hydrogen-bond acceptors (Lipinski definition) is 7. The molecule has 4 N–H and O–H groups in total. The van der Waals surface area contributed by atoms with Gasteiger partial charge in [0, 0.05) is 6.42 Å². The molecule has 0 aromatic carbocycles. The van der Waals surface area contributed by atoms with E-state index >= 15 is 0 Å². The molecule has 7 heteroatoms. The minimum atomic E-state index is -1.31. The van der Waals surface area contributed by atoms with Crippen molar-refractivity contribution in [3.8, 4) is 0 Å². The van der Waals surface area contributed by atoms with Crippen molar-refractivity contribution in [2.45, 2.75) is 43.4 Å². The van der Waals surface area contributed by atoms with Gasteiger partial charge in [0.05, 0.1) is 32.3 Å². The van der Waals surface area contributed by atoms with Gasteiger partial charge in [0.2, 0.25) is 0 Å². The predicted octanol–water partition coefficient (Wildman–Crippen LogP) is -2.22. The van der Waals surface area contributed by atoms with Gasteiger partial charge in [0.1, 0.15) is 18.3 Å². The standard InChI is InChI=1S/C10H18O7/c1-16-8(14)3-5-2-6(12)9(15)10(17-5)7(13)4-11/h5-7,9-13,15H,2-4H2,1H3/t5-,6-,7?,9+,10-/m0/s1. The van der Waals surface area contributed by atoms with E-state index in [2.05, 4.69) is 4.74 Å². The Balaban J connectivity index is 2.63. The van der Waals surface area contributed by atoms with Gasteiger partial charge in [-0.1, -0.05) is 0 Å². The van der Waals surface area contributed by atoms with Crippen LogP contribution in [0.25, 0.3) is 0 Å². The Morgan fingerprint density at radius 1 is 1.53 bits per heavy atom. The zero-order chi connectivity index (χ0) is 13.0. The summed E-state index contributed by atoms with van der Waals surface area (Å²) in [5, 5.41) is 37.4. The number of rotatable bonds is 4. The summed E-state index contributed by atoms with van der Waals surface area (Å²) in [6.45, 7) is -0.598. The zero-order valence-corrected chi connectivity index (χ0v) is 9.52. The van der Waals surface area contributed by atoms with E-state index in [1.165, 1.54) is 7.11 Å². The molecule has 1 aliphatic rings. The smallest absolute Gasteiger partial charge is 0.308 e. The molecule has 1 heterocycles. The van der Waals surface area contributed by atoms with Crippen molar-refractivity contribution in [3.63, 3.8) is 0 Å². The molecule has 0 aliphatic carbocycles. The number of aliphatic hydroxyl groups excluding tert-OH is 4. The van der Waals surface area contributed by atoms with E-state index in [9.17, 15) is 20.1 Å². The Bertz CT molecular complexity index is 257. The maximum Gasteiger partial charge on any atom is 0.308 e. The molecule has 1 rings (SSSR count). The molecule has 5 atom stereocenters. The van der Waals surface area contributed by atoms with Crippen molar-refractivity contribution in [1.82, 2.24) is 0 Å². The van der Waals surface area contributed by atoms with Crippen molar-refractivity contribution in [2.24, 2.45) is 0 Å². The highest BCUT2D eigenvalue weighted by Gasteiger charge is 2.40. The number of ether oxygens (including phenoxy) is 2. The van der Waals surface area contributed by atoms with Crippen LogP contribution in [0.1, 0.15) is 12.8 Å². The molecule has 17 heavy (non-hydrogen) atoms. The van der Waals surface area contributed by atoms with Gasteiger partial charge in [0.25, 0.3) is 0 Å². The second-order valence-corrected chi connectivity index (χ2v) is 4.05. The van der Waals surface area contributed by atoms with Crippen LogP contribution >= 0.6 is 0 Å². The predicted molar refractivity (Wildman–Crippen MR) is 55.0 cm³/mol. The van der Waals surface area contributed by atoms with E-state index < -0.39 is 43.1 Å². The van der Waals surface area contributed by atoms with Gasteiger partial charge in [0.15, 0.2) is 0 Å². The van der Waals surface area contributed by atoms with Gasteiger partial charge in [-0.3, -0.25) is 4.79 Å². The SMILES string of the molecule is COC(=O)C[C@@H]1C[C@H](O)[C@@H](O)[C@H](C(O)CO)O1. The minimum absolute atomic E-state index is 0.0743. The first-order chi connectivity index (χ1) is 7.99. The Hall–Kier alpha value is -0.730. The lowest BCUT2D eigenvalue weighted by Gasteiger charge is -2.38. The summed E-state index contributed by atoms with van der Waals surface area (Å²) < 4.78 is 9.74. The summed E-state index contributed by atoms with van der Waals surface area (Å²) >= 11 is 0. The molecule has 0 radical (unpaired) electrons. The molecule has 0 aromatic rings. The van der Waals surface area contributed by atoms with E-state index in [0.29, 0.717) is 0 Å². The van der Waals surface area contributed by atoms with Gasteiger partial charge < -0.3 is 29.9 Å².